The van der Waals surface area contributed by atoms with Gasteiger partial charge in [-0.15, -0.1) is 0 Å². The Bertz CT molecular complexity index is 1500. The SMILES string of the molecule is CC(C)(C)OC(=O)NCCCCCCc1ccc2c(c1)C(=O)N(CCC(=O)O)CC(=O)N2Cc1ccc(Oc2ccccc2)cc1. The Morgan fingerprint density at radius 2 is 1.54 bits per heavy atom. The van der Waals surface area contributed by atoms with Gasteiger partial charge in [0.15, 0.2) is 0 Å². The van der Waals surface area contributed by atoms with Crippen molar-refractivity contribution in [2.24, 2.45) is 0 Å². The van der Waals surface area contributed by atoms with Crippen LogP contribution in [0, 0.1) is 0 Å². The number of carboxylic acid groups (broad SMARTS) is 1. The summed E-state index contributed by atoms with van der Waals surface area (Å²) in [6.07, 6.45) is 3.67. The molecule has 3 aromatic rings. The van der Waals surface area contributed by atoms with Crippen LogP contribution >= 0.6 is 0 Å². The second-order valence-corrected chi connectivity index (χ2v) is 12.4. The summed E-state index contributed by atoms with van der Waals surface area (Å²) >= 11 is 0. The summed E-state index contributed by atoms with van der Waals surface area (Å²) in [7, 11) is 0. The molecule has 1 heterocycles. The van der Waals surface area contributed by atoms with Crippen LogP contribution in [0.15, 0.2) is 72.8 Å². The zero-order valence-corrected chi connectivity index (χ0v) is 26.8. The summed E-state index contributed by atoms with van der Waals surface area (Å²) in [6, 6.07) is 22.5. The highest BCUT2D eigenvalue weighted by Crippen LogP contribution is 2.30. The van der Waals surface area contributed by atoms with Gasteiger partial charge in [0.2, 0.25) is 5.91 Å². The topological polar surface area (TPSA) is 125 Å². The molecule has 0 fully saturated rings. The van der Waals surface area contributed by atoms with Gasteiger partial charge in [0, 0.05) is 13.1 Å². The molecule has 244 valence electrons. The van der Waals surface area contributed by atoms with Crippen molar-refractivity contribution in [2.75, 3.05) is 24.5 Å². The highest BCUT2D eigenvalue weighted by molar-refractivity contribution is 6.09. The lowest BCUT2D eigenvalue weighted by molar-refractivity contribution is -0.137. The van der Waals surface area contributed by atoms with Crippen LogP contribution < -0.4 is 15.0 Å². The van der Waals surface area contributed by atoms with Crippen LogP contribution in [0.2, 0.25) is 0 Å². The maximum Gasteiger partial charge on any atom is 0.407 e. The number of nitrogens with one attached hydrogen (secondary N) is 1. The van der Waals surface area contributed by atoms with Crippen molar-refractivity contribution in [3.8, 4) is 11.5 Å². The summed E-state index contributed by atoms with van der Waals surface area (Å²) in [5.74, 6) is -0.285. The van der Waals surface area contributed by atoms with E-state index in [1.165, 1.54) is 4.90 Å². The zero-order chi connectivity index (χ0) is 33.1. The minimum absolute atomic E-state index is 0.0553. The van der Waals surface area contributed by atoms with Crippen molar-refractivity contribution in [3.05, 3.63) is 89.5 Å². The average molecular weight is 630 g/mol. The molecule has 0 spiro atoms. The second kappa shape index (κ2) is 15.9. The number of carbonyl (C=O) groups is 4. The number of para-hydroxylation sites is 1. The van der Waals surface area contributed by atoms with Crippen molar-refractivity contribution >= 4 is 29.6 Å². The van der Waals surface area contributed by atoms with E-state index >= 15 is 0 Å². The van der Waals surface area contributed by atoms with Crippen LogP contribution in [-0.4, -0.2) is 59.1 Å². The van der Waals surface area contributed by atoms with Gasteiger partial charge in [-0.3, -0.25) is 14.4 Å². The molecule has 46 heavy (non-hydrogen) atoms. The van der Waals surface area contributed by atoms with Crippen molar-refractivity contribution in [1.82, 2.24) is 10.2 Å². The number of aliphatic carboxylic acids is 1. The number of nitrogens with zero attached hydrogens (tertiary/aromatic N) is 2. The highest BCUT2D eigenvalue weighted by atomic mass is 16.6. The maximum absolute atomic E-state index is 13.6. The lowest BCUT2D eigenvalue weighted by Crippen LogP contribution is -2.40. The largest absolute Gasteiger partial charge is 0.481 e. The maximum atomic E-state index is 13.6. The number of fused-ring (bicyclic) bond motifs is 1. The van der Waals surface area contributed by atoms with E-state index in [2.05, 4.69) is 5.32 Å². The minimum Gasteiger partial charge on any atom is -0.481 e. The number of rotatable bonds is 14. The zero-order valence-electron chi connectivity index (χ0n) is 26.8. The van der Waals surface area contributed by atoms with Crippen molar-refractivity contribution in [1.29, 1.82) is 0 Å². The predicted octanol–water partition coefficient (Wildman–Crippen LogP) is 6.57. The molecule has 10 nitrogen and oxygen atoms in total. The van der Waals surface area contributed by atoms with Crippen molar-refractivity contribution < 1.29 is 33.8 Å². The van der Waals surface area contributed by atoms with Gasteiger partial charge in [-0.1, -0.05) is 49.2 Å². The van der Waals surface area contributed by atoms with Crippen LogP contribution in [0.5, 0.6) is 11.5 Å². The Labute approximate surface area is 270 Å². The van der Waals surface area contributed by atoms with E-state index in [0.29, 0.717) is 23.5 Å². The summed E-state index contributed by atoms with van der Waals surface area (Å²) in [4.78, 5) is 53.2. The third kappa shape index (κ3) is 10.4. The molecule has 1 aliphatic heterocycles. The normalized spacial score (nSPS) is 13.2. The molecule has 10 heteroatoms. The number of carbonyl (C=O) groups excluding carboxylic acids is 3. The Balaban J connectivity index is 1.41. The van der Waals surface area contributed by atoms with Gasteiger partial charge in [0.25, 0.3) is 5.91 Å². The highest BCUT2D eigenvalue weighted by Gasteiger charge is 2.32. The second-order valence-electron chi connectivity index (χ2n) is 12.4. The first-order chi connectivity index (χ1) is 22.0. The Morgan fingerprint density at radius 1 is 0.870 bits per heavy atom. The molecule has 0 bridgehead atoms. The van der Waals surface area contributed by atoms with E-state index in [0.717, 1.165) is 49.0 Å². The average Bonchev–Trinajstić information content (AvgIpc) is 3.10. The van der Waals surface area contributed by atoms with Gasteiger partial charge < -0.3 is 29.7 Å². The molecule has 0 saturated heterocycles. The molecule has 4 rings (SSSR count). The first-order valence-corrected chi connectivity index (χ1v) is 15.7. The number of benzene rings is 3. The minimum atomic E-state index is -1.03. The van der Waals surface area contributed by atoms with Gasteiger partial charge in [-0.2, -0.15) is 0 Å². The number of hydrogen-bond donors (Lipinski definition) is 2. The fourth-order valence-corrected chi connectivity index (χ4v) is 5.14. The summed E-state index contributed by atoms with van der Waals surface area (Å²) in [6.45, 7) is 6.01. The molecule has 0 saturated carbocycles. The number of aryl methyl sites for hydroxylation is 1. The molecular formula is C36H43N3O7. The number of unbranched alkanes of at least 4 members (excludes halogenated alkanes) is 3. The summed E-state index contributed by atoms with van der Waals surface area (Å²) in [5.41, 5.74) is 2.19. The lowest BCUT2D eigenvalue weighted by atomic mass is 10.0. The number of carboxylic acids is 1. The number of amides is 3. The molecule has 0 aliphatic carbocycles. The molecule has 0 atom stereocenters. The molecular weight excluding hydrogens is 586 g/mol. The molecule has 0 aromatic heterocycles. The smallest absolute Gasteiger partial charge is 0.407 e. The van der Waals surface area contributed by atoms with Crippen LogP contribution in [0.3, 0.4) is 0 Å². The molecule has 0 radical (unpaired) electrons. The van der Waals surface area contributed by atoms with Crippen LogP contribution in [0.25, 0.3) is 0 Å². The Morgan fingerprint density at radius 3 is 2.24 bits per heavy atom. The van der Waals surface area contributed by atoms with Gasteiger partial charge in [0.05, 0.1) is 24.2 Å². The third-order valence-electron chi connectivity index (χ3n) is 7.40. The monoisotopic (exact) mass is 629 g/mol. The Kier molecular flexibility index (Phi) is 11.8. The number of alkyl carbamates (subject to hydrolysis) is 1. The van der Waals surface area contributed by atoms with E-state index in [1.807, 2.05) is 93.6 Å². The van der Waals surface area contributed by atoms with Crippen LogP contribution in [-0.2, 0) is 27.3 Å². The molecule has 0 unspecified atom stereocenters. The van der Waals surface area contributed by atoms with Gasteiger partial charge >= 0.3 is 12.1 Å². The predicted molar refractivity (Wildman–Crippen MR) is 175 cm³/mol. The molecule has 1 aliphatic rings. The number of hydrogen-bond acceptors (Lipinski definition) is 6. The number of anilines is 1. The first kappa shape index (κ1) is 34.0. The van der Waals surface area contributed by atoms with E-state index in [4.69, 9.17) is 9.47 Å². The van der Waals surface area contributed by atoms with E-state index in [9.17, 15) is 24.3 Å². The van der Waals surface area contributed by atoms with Gasteiger partial charge in [-0.25, -0.2) is 4.79 Å². The first-order valence-electron chi connectivity index (χ1n) is 15.7. The molecule has 3 aromatic carbocycles. The lowest BCUT2D eigenvalue weighted by Gasteiger charge is -2.23. The molecule has 3 amide bonds. The third-order valence-corrected chi connectivity index (χ3v) is 7.40. The van der Waals surface area contributed by atoms with Gasteiger partial charge in [0.1, 0.15) is 23.6 Å². The van der Waals surface area contributed by atoms with E-state index in [-0.39, 0.29) is 37.9 Å². The fourth-order valence-electron chi connectivity index (χ4n) is 5.14. The summed E-state index contributed by atoms with van der Waals surface area (Å²) < 4.78 is 11.1. The summed E-state index contributed by atoms with van der Waals surface area (Å²) in [5, 5.41) is 12.0. The van der Waals surface area contributed by atoms with Crippen LogP contribution in [0.1, 0.15) is 74.4 Å². The van der Waals surface area contributed by atoms with Crippen molar-refractivity contribution in [3.63, 3.8) is 0 Å². The fraction of sp³-hybridized carbons (Fsp3) is 0.389. The van der Waals surface area contributed by atoms with Gasteiger partial charge in [-0.05, 0) is 87.6 Å². The molecule has 2 N–H and O–H groups in total. The van der Waals surface area contributed by atoms with Crippen molar-refractivity contribution in [2.45, 2.75) is 71.4 Å². The van der Waals surface area contributed by atoms with Crippen LogP contribution in [0.4, 0.5) is 10.5 Å². The standard InChI is InChI=1S/C36H43N3O7/c1-36(2,3)46-35(44)37-21-10-5-4-7-11-26-16-19-31-30(23-26)34(43)38(22-20-33(41)42)25-32(40)39(31)24-27-14-17-29(18-15-27)45-28-12-8-6-9-13-28/h6,8-9,12-19,23H,4-5,7,10-11,20-22,24-25H2,1-3H3,(H,37,44)(H,41,42). The quantitative estimate of drug-likeness (QED) is 0.193. The Hall–Kier alpha value is -4.86. The van der Waals surface area contributed by atoms with E-state index < -0.39 is 17.7 Å². The van der Waals surface area contributed by atoms with E-state index in [1.54, 1.807) is 4.90 Å². The number of ether oxygens (including phenoxy) is 2.